The number of nitrogens with one attached hydrogen (secondary N) is 1. The topological polar surface area (TPSA) is 77.5 Å². The number of ether oxygens (including phenoxy) is 1. The van der Waals surface area contributed by atoms with Crippen LogP contribution in [-0.2, 0) is 4.79 Å². The van der Waals surface area contributed by atoms with Crippen molar-refractivity contribution < 1.29 is 18.7 Å². The summed E-state index contributed by atoms with van der Waals surface area (Å²) in [5.74, 6) is -0.608. The highest BCUT2D eigenvalue weighted by Gasteiger charge is 2.30. The number of aliphatic imine (C=N–C) groups is 1. The number of rotatable bonds is 3. The molecule has 4 aliphatic heterocycles. The van der Waals surface area contributed by atoms with Crippen molar-refractivity contribution in [2.45, 2.75) is 44.6 Å². The Balaban J connectivity index is 1.24. The smallest absolute Gasteiger partial charge is 0.410 e. The van der Waals surface area contributed by atoms with Crippen molar-refractivity contribution in [1.29, 1.82) is 0 Å². The number of hydrogen-bond acceptors (Lipinski definition) is 7. The van der Waals surface area contributed by atoms with Gasteiger partial charge >= 0.3 is 6.09 Å². The molecule has 0 saturated carbocycles. The van der Waals surface area contributed by atoms with Gasteiger partial charge in [-0.2, -0.15) is 4.99 Å². The predicted octanol–water partition coefficient (Wildman–Crippen LogP) is 3.46. The highest BCUT2D eigenvalue weighted by Crippen LogP contribution is 2.33. The molecule has 10 heteroatoms. The Morgan fingerprint density at radius 1 is 1.12 bits per heavy atom. The third-order valence-electron chi connectivity index (χ3n) is 6.79. The van der Waals surface area contributed by atoms with E-state index < -0.39 is 11.9 Å². The van der Waals surface area contributed by atoms with Crippen molar-refractivity contribution >= 4 is 35.0 Å². The number of amides is 2. The first-order chi connectivity index (χ1) is 16.6. The highest BCUT2D eigenvalue weighted by molar-refractivity contribution is 8.18. The number of nitrogens with zero attached hydrogens (tertiary/aromatic N) is 4. The molecular formula is C24H30FN5O3S. The van der Waals surface area contributed by atoms with Gasteiger partial charge in [0.25, 0.3) is 5.91 Å². The third kappa shape index (κ3) is 5.29. The molecule has 4 aliphatic rings. The lowest BCUT2D eigenvalue weighted by molar-refractivity contribution is -0.113. The first kappa shape index (κ1) is 23.3. The number of thioether (sulfide) groups is 1. The second kappa shape index (κ2) is 10.5. The molecule has 0 radical (unpaired) electrons. The standard InChI is InChI=1S/C24H30FN5O3S/c25-18-5-6-20(33-24(32)29-13-7-19(8-14-29)28-10-3-4-11-28)17(15-18)16-21-22(31)27-23(34-21)30-12-2-1-9-26-30/h5-6,15-16,19,26H,1-4,7-14H2/b21-16+. The van der Waals surface area contributed by atoms with Crippen LogP contribution in [0.4, 0.5) is 9.18 Å². The number of piperidine rings is 1. The molecule has 34 heavy (non-hydrogen) atoms. The van der Waals surface area contributed by atoms with Crippen molar-refractivity contribution in [3.8, 4) is 5.75 Å². The fourth-order valence-electron chi connectivity index (χ4n) is 4.91. The number of hydrazine groups is 1. The summed E-state index contributed by atoms with van der Waals surface area (Å²) < 4.78 is 19.7. The summed E-state index contributed by atoms with van der Waals surface area (Å²) >= 11 is 1.24. The van der Waals surface area contributed by atoms with Gasteiger partial charge in [0.05, 0.1) is 4.91 Å². The molecule has 182 valence electrons. The molecule has 1 N–H and O–H groups in total. The zero-order valence-corrected chi connectivity index (χ0v) is 20.0. The number of carbonyl (C=O) groups excluding carboxylic acids is 2. The SMILES string of the molecule is O=C1N=C(N2CCCCN2)S/C1=C/c1cc(F)ccc1OC(=O)N1CCC(N2CCCC2)CC1. The van der Waals surface area contributed by atoms with Gasteiger partial charge in [0.15, 0.2) is 5.17 Å². The van der Waals surface area contributed by atoms with E-state index in [9.17, 15) is 14.0 Å². The van der Waals surface area contributed by atoms with Crippen LogP contribution in [0.15, 0.2) is 28.1 Å². The van der Waals surface area contributed by atoms with Gasteiger partial charge in [0.1, 0.15) is 11.6 Å². The Hall–Kier alpha value is -2.43. The van der Waals surface area contributed by atoms with Gasteiger partial charge in [0, 0.05) is 37.8 Å². The molecule has 0 aliphatic carbocycles. The van der Waals surface area contributed by atoms with Gasteiger partial charge in [0.2, 0.25) is 0 Å². The largest absolute Gasteiger partial charge is 0.415 e. The Morgan fingerprint density at radius 2 is 1.88 bits per heavy atom. The number of hydrogen-bond donors (Lipinski definition) is 1. The first-order valence-electron chi connectivity index (χ1n) is 12.1. The second-order valence-electron chi connectivity index (χ2n) is 9.09. The van der Waals surface area contributed by atoms with Crippen molar-refractivity contribution in [2.24, 2.45) is 4.99 Å². The molecule has 2 amide bonds. The van der Waals surface area contributed by atoms with E-state index in [0.29, 0.717) is 34.8 Å². The summed E-state index contributed by atoms with van der Waals surface area (Å²) in [6.07, 6.45) is 7.61. The maximum absolute atomic E-state index is 14.0. The first-order valence-corrected chi connectivity index (χ1v) is 12.9. The lowest BCUT2D eigenvalue weighted by Gasteiger charge is -2.36. The fourth-order valence-corrected chi connectivity index (χ4v) is 5.82. The molecule has 1 aromatic rings. The van der Waals surface area contributed by atoms with Crippen LogP contribution in [0.1, 0.15) is 44.1 Å². The third-order valence-corrected chi connectivity index (χ3v) is 7.79. The highest BCUT2D eigenvalue weighted by atomic mass is 32.2. The van der Waals surface area contributed by atoms with Gasteiger partial charge < -0.3 is 14.5 Å². The van der Waals surface area contributed by atoms with Crippen LogP contribution in [-0.4, -0.2) is 77.3 Å². The summed E-state index contributed by atoms with van der Waals surface area (Å²) in [5.41, 5.74) is 3.58. The molecule has 0 spiro atoms. The Morgan fingerprint density at radius 3 is 2.62 bits per heavy atom. The average Bonchev–Trinajstić information content (AvgIpc) is 3.52. The Kier molecular flexibility index (Phi) is 7.17. The fraction of sp³-hybridized carbons (Fsp3) is 0.542. The molecule has 0 unspecified atom stereocenters. The molecule has 3 fully saturated rings. The summed E-state index contributed by atoms with van der Waals surface area (Å²) in [6.45, 7) is 5.21. The van der Waals surface area contributed by atoms with Crippen LogP contribution in [0.2, 0.25) is 0 Å². The number of likely N-dealkylation sites (tertiary alicyclic amines) is 2. The molecule has 0 bridgehead atoms. The van der Waals surface area contributed by atoms with Crippen LogP contribution in [0.3, 0.4) is 0 Å². The van der Waals surface area contributed by atoms with E-state index >= 15 is 0 Å². The van der Waals surface area contributed by atoms with Gasteiger partial charge in [-0.05, 0) is 87.7 Å². The molecule has 5 rings (SSSR count). The van der Waals surface area contributed by atoms with Gasteiger partial charge in [-0.1, -0.05) is 0 Å². The number of amidine groups is 1. The molecule has 4 heterocycles. The quantitative estimate of drug-likeness (QED) is 0.655. The lowest BCUT2D eigenvalue weighted by atomic mass is 10.0. The molecule has 0 atom stereocenters. The summed E-state index contributed by atoms with van der Waals surface area (Å²) in [5, 5.41) is 2.47. The van der Waals surface area contributed by atoms with Crippen LogP contribution in [0, 0.1) is 5.82 Å². The average molecular weight is 488 g/mol. The molecule has 3 saturated heterocycles. The van der Waals surface area contributed by atoms with E-state index in [2.05, 4.69) is 15.3 Å². The van der Waals surface area contributed by atoms with Gasteiger partial charge in [-0.15, -0.1) is 0 Å². The van der Waals surface area contributed by atoms with E-state index in [1.807, 2.05) is 5.01 Å². The zero-order chi connectivity index (χ0) is 23.5. The Labute approximate surface area is 203 Å². The number of benzene rings is 1. The molecular weight excluding hydrogens is 457 g/mol. The van der Waals surface area contributed by atoms with Gasteiger partial charge in [-0.25, -0.2) is 14.6 Å². The van der Waals surface area contributed by atoms with E-state index in [1.165, 1.54) is 42.8 Å². The zero-order valence-electron chi connectivity index (χ0n) is 19.2. The van der Waals surface area contributed by atoms with Crippen LogP contribution < -0.4 is 10.2 Å². The minimum absolute atomic E-state index is 0.235. The number of halogens is 1. The van der Waals surface area contributed by atoms with Crippen LogP contribution in [0.5, 0.6) is 5.75 Å². The maximum atomic E-state index is 14.0. The minimum atomic E-state index is -0.465. The summed E-state index contributed by atoms with van der Waals surface area (Å²) in [4.78, 5) is 34.1. The monoisotopic (exact) mass is 487 g/mol. The van der Waals surface area contributed by atoms with E-state index in [4.69, 9.17) is 4.74 Å². The maximum Gasteiger partial charge on any atom is 0.415 e. The van der Waals surface area contributed by atoms with Crippen molar-refractivity contribution in [1.82, 2.24) is 20.2 Å². The molecule has 8 nitrogen and oxygen atoms in total. The minimum Gasteiger partial charge on any atom is -0.410 e. The van der Waals surface area contributed by atoms with E-state index in [1.54, 1.807) is 11.0 Å². The van der Waals surface area contributed by atoms with Crippen LogP contribution >= 0.6 is 11.8 Å². The van der Waals surface area contributed by atoms with E-state index in [-0.39, 0.29) is 11.7 Å². The van der Waals surface area contributed by atoms with Crippen molar-refractivity contribution in [3.05, 3.63) is 34.5 Å². The van der Waals surface area contributed by atoms with Gasteiger partial charge in [-0.3, -0.25) is 9.80 Å². The normalized spacial score (nSPS) is 23.6. The second-order valence-corrected chi connectivity index (χ2v) is 10.1. The lowest BCUT2D eigenvalue weighted by Crippen LogP contribution is -2.46. The van der Waals surface area contributed by atoms with E-state index in [0.717, 1.165) is 51.9 Å². The molecule has 0 aromatic heterocycles. The molecule has 1 aromatic carbocycles. The van der Waals surface area contributed by atoms with Crippen LogP contribution in [0.25, 0.3) is 6.08 Å². The predicted molar refractivity (Wildman–Crippen MR) is 130 cm³/mol. The van der Waals surface area contributed by atoms with Crippen molar-refractivity contribution in [3.63, 3.8) is 0 Å². The Bertz CT molecular complexity index is 996. The van der Waals surface area contributed by atoms with Crippen molar-refractivity contribution in [2.75, 3.05) is 39.3 Å². The summed E-state index contributed by atoms with van der Waals surface area (Å²) in [6, 6.07) is 4.51. The number of carbonyl (C=O) groups is 2. The summed E-state index contributed by atoms with van der Waals surface area (Å²) in [7, 11) is 0.